The first-order valence-electron chi connectivity index (χ1n) is 10.3. The highest BCUT2D eigenvalue weighted by molar-refractivity contribution is 7.99. The maximum atomic E-state index is 13.3. The normalized spacial score (nSPS) is 28.8. The van der Waals surface area contributed by atoms with E-state index in [4.69, 9.17) is 4.74 Å². The molecule has 0 spiro atoms. The van der Waals surface area contributed by atoms with Crippen LogP contribution in [0.5, 0.6) is 0 Å². The summed E-state index contributed by atoms with van der Waals surface area (Å²) in [6.45, 7) is 2.45. The van der Waals surface area contributed by atoms with Gasteiger partial charge in [-0.05, 0) is 49.6 Å². The summed E-state index contributed by atoms with van der Waals surface area (Å²) in [6.07, 6.45) is 2.80. The van der Waals surface area contributed by atoms with Crippen molar-refractivity contribution in [2.24, 2.45) is 0 Å². The summed E-state index contributed by atoms with van der Waals surface area (Å²) in [5, 5.41) is 2.67. The molecule has 162 valence electrons. The largest absolute Gasteiger partial charge is 0.376 e. The van der Waals surface area contributed by atoms with Crippen LogP contribution in [-0.4, -0.2) is 71.0 Å². The van der Waals surface area contributed by atoms with Gasteiger partial charge in [-0.15, -0.1) is 0 Å². The van der Waals surface area contributed by atoms with E-state index in [0.717, 1.165) is 35.7 Å². The first-order valence-corrected chi connectivity index (χ1v) is 11.4. The van der Waals surface area contributed by atoms with Crippen molar-refractivity contribution in [1.29, 1.82) is 0 Å². The third-order valence-corrected chi connectivity index (χ3v) is 7.23. The minimum absolute atomic E-state index is 0.00661. The molecule has 30 heavy (non-hydrogen) atoms. The Bertz CT molecular complexity index is 824. The van der Waals surface area contributed by atoms with Gasteiger partial charge in [0.15, 0.2) is 0 Å². The van der Waals surface area contributed by atoms with Gasteiger partial charge in [-0.25, -0.2) is 9.18 Å². The lowest BCUT2D eigenvalue weighted by molar-refractivity contribution is -0.141. The van der Waals surface area contributed by atoms with Crippen LogP contribution in [0, 0.1) is 5.82 Å². The molecule has 3 heterocycles. The van der Waals surface area contributed by atoms with Crippen molar-refractivity contribution >= 4 is 29.6 Å². The maximum Gasteiger partial charge on any atom is 0.325 e. The molecule has 0 saturated carbocycles. The molecular formula is C21H26FN3O4S. The van der Waals surface area contributed by atoms with Gasteiger partial charge in [-0.2, -0.15) is 11.8 Å². The molecule has 3 aliphatic rings. The zero-order chi connectivity index (χ0) is 21.3. The van der Waals surface area contributed by atoms with E-state index in [2.05, 4.69) is 5.32 Å². The summed E-state index contributed by atoms with van der Waals surface area (Å²) in [5.41, 5.74) is -0.853. The highest BCUT2D eigenvalue weighted by Gasteiger charge is 2.50. The molecule has 0 aliphatic carbocycles. The average Bonchev–Trinajstić information content (AvgIpc) is 3.46. The molecule has 4 amide bonds. The molecule has 7 nitrogen and oxygen atoms in total. The molecule has 3 aliphatic heterocycles. The fraction of sp³-hybridized carbons (Fsp3) is 0.571. The molecule has 3 unspecified atom stereocenters. The number of hydrogen-bond acceptors (Lipinski definition) is 5. The second-order valence-electron chi connectivity index (χ2n) is 8.15. The van der Waals surface area contributed by atoms with E-state index in [1.54, 1.807) is 23.6 Å². The summed E-state index contributed by atoms with van der Waals surface area (Å²) < 4.78 is 19.0. The fourth-order valence-corrected chi connectivity index (χ4v) is 5.50. The van der Waals surface area contributed by atoms with Gasteiger partial charge in [0.05, 0.1) is 6.10 Å². The zero-order valence-corrected chi connectivity index (χ0v) is 17.8. The number of imide groups is 1. The van der Waals surface area contributed by atoms with Crippen molar-refractivity contribution < 1.29 is 23.5 Å². The summed E-state index contributed by atoms with van der Waals surface area (Å²) in [7, 11) is 0. The van der Waals surface area contributed by atoms with Crippen LogP contribution in [0.1, 0.15) is 31.7 Å². The van der Waals surface area contributed by atoms with Gasteiger partial charge < -0.3 is 15.0 Å². The predicted octanol–water partition coefficient (Wildman–Crippen LogP) is 2.11. The fourth-order valence-electron chi connectivity index (χ4n) is 4.28. The van der Waals surface area contributed by atoms with Crippen molar-refractivity contribution in [2.45, 2.75) is 43.9 Å². The molecule has 4 rings (SSSR count). The van der Waals surface area contributed by atoms with Gasteiger partial charge in [0.25, 0.3) is 5.91 Å². The first kappa shape index (κ1) is 21.1. The number of nitrogens with one attached hydrogen (secondary N) is 1. The number of rotatable bonds is 6. The number of benzene rings is 1. The van der Waals surface area contributed by atoms with Crippen LogP contribution in [0.3, 0.4) is 0 Å². The standard InChI is InChI=1S/C21H26FN3O4S/c1-21(14-4-6-15(22)7-5-14)19(27)25(20(28)23-21)12-18(26)24(16-8-10-30-13-16)11-17-3-2-9-29-17/h4-7,16-17H,2-3,8-13H2,1H3,(H,23,28). The molecule has 9 heteroatoms. The summed E-state index contributed by atoms with van der Waals surface area (Å²) >= 11 is 1.80. The third kappa shape index (κ3) is 4.05. The van der Waals surface area contributed by atoms with Crippen molar-refractivity contribution in [1.82, 2.24) is 15.1 Å². The number of hydrogen-bond donors (Lipinski definition) is 1. The van der Waals surface area contributed by atoms with E-state index < -0.39 is 23.3 Å². The third-order valence-electron chi connectivity index (χ3n) is 6.08. The van der Waals surface area contributed by atoms with Gasteiger partial charge in [-0.1, -0.05) is 12.1 Å². The lowest BCUT2D eigenvalue weighted by Gasteiger charge is -2.32. The zero-order valence-electron chi connectivity index (χ0n) is 16.9. The predicted molar refractivity (Wildman–Crippen MR) is 110 cm³/mol. The smallest absolute Gasteiger partial charge is 0.325 e. The number of thioether (sulfide) groups is 1. The summed E-state index contributed by atoms with van der Waals surface area (Å²) in [4.78, 5) is 41.6. The Balaban J connectivity index is 1.49. The van der Waals surface area contributed by atoms with Crippen LogP contribution < -0.4 is 5.32 Å². The Labute approximate surface area is 179 Å². The van der Waals surface area contributed by atoms with E-state index in [1.807, 2.05) is 0 Å². The average molecular weight is 436 g/mol. The van der Waals surface area contributed by atoms with Crippen molar-refractivity contribution in [3.8, 4) is 0 Å². The van der Waals surface area contributed by atoms with Gasteiger partial charge in [0.2, 0.25) is 5.91 Å². The second kappa shape index (κ2) is 8.55. The molecule has 0 aromatic heterocycles. The summed E-state index contributed by atoms with van der Waals surface area (Å²) in [6, 6.07) is 4.91. The lowest BCUT2D eigenvalue weighted by Crippen LogP contribution is -2.50. The van der Waals surface area contributed by atoms with Crippen molar-refractivity contribution in [2.75, 3.05) is 31.2 Å². The number of carbonyl (C=O) groups excluding carboxylic acids is 3. The Morgan fingerprint density at radius 1 is 1.33 bits per heavy atom. The number of carbonyl (C=O) groups is 3. The van der Waals surface area contributed by atoms with Crippen LogP contribution in [0.4, 0.5) is 9.18 Å². The minimum Gasteiger partial charge on any atom is -0.376 e. The molecule has 1 aromatic carbocycles. The molecule has 3 saturated heterocycles. The monoisotopic (exact) mass is 435 g/mol. The van der Waals surface area contributed by atoms with Crippen LogP contribution in [0.15, 0.2) is 24.3 Å². The van der Waals surface area contributed by atoms with Gasteiger partial charge >= 0.3 is 6.03 Å². The number of ether oxygens (including phenoxy) is 1. The van der Waals surface area contributed by atoms with E-state index in [1.165, 1.54) is 24.3 Å². The topological polar surface area (TPSA) is 79.0 Å². The van der Waals surface area contributed by atoms with Crippen LogP contribution in [0.2, 0.25) is 0 Å². The second-order valence-corrected chi connectivity index (χ2v) is 9.30. The minimum atomic E-state index is -1.33. The van der Waals surface area contributed by atoms with Crippen LogP contribution in [0.25, 0.3) is 0 Å². The SMILES string of the molecule is CC1(c2ccc(F)cc2)NC(=O)N(CC(=O)N(CC2CCCO2)C2CCSC2)C1=O. The molecule has 3 atom stereocenters. The molecule has 1 N–H and O–H groups in total. The summed E-state index contributed by atoms with van der Waals surface area (Å²) in [5.74, 6) is 0.665. The molecule has 0 radical (unpaired) electrons. The molecular weight excluding hydrogens is 409 g/mol. The number of halogens is 1. The Kier molecular flexibility index (Phi) is 6.02. The van der Waals surface area contributed by atoms with Crippen molar-refractivity contribution in [3.05, 3.63) is 35.6 Å². The maximum absolute atomic E-state index is 13.3. The molecule has 0 bridgehead atoms. The van der Waals surface area contributed by atoms with E-state index in [0.29, 0.717) is 18.7 Å². The quantitative estimate of drug-likeness (QED) is 0.693. The molecule has 3 fully saturated rings. The lowest BCUT2D eigenvalue weighted by atomic mass is 9.92. The van der Waals surface area contributed by atoms with E-state index >= 15 is 0 Å². The van der Waals surface area contributed by atoms with E-state index in [-0.39, 0.29) is 24.6 Å². The Morgan fingerprint density at radius 2 is 2.10 bits per heavy atom. The van der Waals surface area contributed by atoms with Gasteiger partial charge in [0, 0.05) is 24.9 Å². The van der Waals surface area contributed by atoms with Crippen LogP contribution in [-0.2, 0) is 19.9 Å². The highest BCUT2D eigenvalue weighted by Crippen LogP contribution is 2.30. The molecule has 1 aromatic rings. The van der Waals surface area contributed by atoms with Gasteiger partial charge in [0.1, 0.15) is 17.9 Å². The highest BCUT2D eigenvalue weighted by atomic mass is 32.2. The first-order chi connectivity index (χ1) is 14.4. The van der Waals surface area contributed by atoms with Crippen molar-refractivity contribution in [3.63, 3.8) is 0 Å². The number of urea groups is 1. The van der Waals surface area contributed by atoms with E-state index in [9.17, 15) is 18.8 Å². The Hall–Kier alpha value is -2.13. The van der Waals surface area contributed by atoms with Crippen LogP contribution >= 0.6 is 11.8 Å². The van der Waals surface area contributed by atoms with Gasteiger partial charge in [-0.3, -0.25) is 14.5 Å². The number of nitrogens with zero attached hydrogens (tertiary/aromatic N) is 2. The Morgan fingerprint density at radius 3 is 2.73 bits per heavy atom. The number of amides is 4.